The Balaban J connectivity index is 1.53. The summed E-state index contributed by atoms with van der Waals surface area (Å²) in [6.07, 6.45) is 3.37. The maximum absolute atomic E-state index is 11.9. The van der Waals surface area contributed by atoms with Crippen molar-refractivity contribution < 1.29 is 14.3 Å². The summed E-state index contributed by atoms with van der Waals surface area (Å²) in [5.74, 6) is 1.85. The Bertz CT molecular complexity index is 748. The first-order valence-corrected chi connectivity index (χ1v) is 8.06. The van der Waals surface area contributed by atoms with Crippen LogP contribution in [0.4, 0.5) is 0 Å². The third-order valence-corrected chi connectivity index (χ3v) is 3.93. The van der Waals surface area contributed by atoms with Crippen molar-refractivity contribution in [1.82, 2.24) is 5.32 Å². The van der Waals surface area contributed by atoms with Crippen LogP contribution in [0.15, 0.2) is 48.5 Å². The van der Waals surface area contributed by atoms with Crippen LogP contribution in [0.3, 0.4) is 0 Å². The van der Waals surface area contributed by atoms with Gasteiger partial charge in [0.1, 0.15) is 0 Å². The van der Waals surface area contributed by atoms with Crippen molar-refractivity contribution in [2.75, 3.05) is 6.79 Å². The third kappa shape index (κ3) is 3.96. The van der Waals surface area contributed by atoms with Gasteiger partial charge in [-0.3, -0.25) is 4.79 Å². The van der Waals surface area contributed by atoms with E-state index in [0.717, 1.165) is 22.6 Å². The van der Waals surface area contributed by atoms with Crippen LogP contribution in [0.1, 0.15) is 36.5 Å². The van der Waals surface area contributed by atoms with Gasteiger partial charge in [-0.2, -0.15) is 0 Å². The Morgan fingerprint density at radius 1 is 1.12 bits per heavy atom. The van der Waals surface area contributed by atoms with E-state index in [-0.39, 0.29) is 12.7 Å². The van der Waals surface area contributed by atoms with E-state index >= 15 is 0 Å². The minimum Gasteiger partial charge on any atom is -0.454 e. The van der Waals surface area contributed by atoms with Crippen LogP contribution in [0, 0.1) is 0 Å². The number of hydrogen-bond acceptors (Lipinski definition) is 3. The van der Waals surface area contributed by atoms with E-state index in [1.54, 1.807) is 6.08 Å². The summed E-state index contributed by atoms with van der Waals surface area (Å²) in [5.41, 5.74) is 3.28. The van der Waals surface area contributed by atoms with E-state index < -0.39 is 0 Å². The summed E-state index contributed by atoms with van der Waals surface area (Å²) in [4.78, 5) is 11.9. The fourth-order valence-corrected chi connectivity index (χ4v) is 2.46. The average Bonchev–Trinajstić information content (AvgIpc) is 3.06. The number of rotatable bonds is 5. The van der Waals surface area contributed by atoms with Crippen LogP contribution in [-0.4, -0.2) is 12.7 Å². The molecule has 0 radical (unpaired) electrons. The molecule has 0 fully saturated rings. The normalized spacial score (nSPS) is 12.8. The lowest BCUT2D eigenvalue weighted by atomic mass is 10.0. The van der Waals surface area contributed by atoms with Gasteiger partial charge in [-0.1, -0.05) is 44.2 Å². The minimum absolute atomic E-state index is 0.124. The lowest BCUT2D eigenvalue weighted by molar-refractivity contribution is -0.116. The molecular weight excluding hydrogens is 302 g/mol. The molecule has 1 heterocycles. The third-order valence-electron chi connectivity index (χ3n) is 3.93. The van der Waals surface area contributed by atoms with Crippen molar-refractivity contribution in [1.29, 1.82) is 0 Å². The molecule has 4 nitrogen and oxygen atoms in total. The second-order valence-corrected chi connectivity index (χ2v) is 6.06. The van der Waals surface area contributed by atoms with Crippen LogP contribution < -0.4 is 14.8 Å². The van der Waals surface area contributed by atoms with E-state index in [2.05, 4.69) is 31.3 Å². The summed E-state index contributed by atoms with van der Waals surface area (Å²) in [5, 5.41) is 2.87. The molecule has 24 heavy (non-hydrogen) atoms. The Labute approximate surface area is 142 Å². The lowest BCUT2D eigenvalue weighted by Gasteiger charge is -2.05. The van der Waals surface area contributed by atoms with Gasteiger partial charge in [0, 0.05) is 12.6 Å². The molecule has 0 aromatic heterocycles. The van der Waals surface area contributed by atoms with Crippen molar-refractivity contribution in [3.63, 3.8) is 0 Å². The molecule has 4 heteroatoms. The van der Waals surface area contributed by atoms with Crippen molar-refractivity contribution >= 4 is 12.0 Å². The van der Waals surface area contributed by atoms with E-state index in [4.69, 9.17) is 9.47 Å². The highest BCUT2D eigenvalue weighted by Crippen LogP contribution is 2.32. The number of carbonyl (C=O) groups excluding carboxylic acids is 1. The number of benzene rings is 2. The number of carbonyl (C=O) groups is 1. The highest BCUT2D eigenvalue weighted by Gasteiger charge is 2.13. The molecule has 1 amide bonds. The molecule has 124 valence electrons. The van der Waals surface area contributed by atoms with Gasteiger partial charge < -0.3 is 14.8 Å². The van der Waals surface area contributed by atoms with Gasteiger partial charge in [0.25, 0.3) is 0 Å². The molecule has 3 rings (SSSR count). The van der Waals surface area contributed by atoms with Crippen LogP contribution in [-0.2, 0) is 11.3 Å². The van der Waals surface area contributed by atoms with Gasteiger partial charge in [0.15, 0.2) is 11.5 Å². The van der Waals surface area contributed by atoms with Gasteiger partial charge in [-0.15, -0.1) is 0 Å². The first kappa shape index (κ1) is 16.1. The topological polar surface area (TPSA) is 47.6 Å². The van der Waals surface area contributed by atoms with E-state index in [1.165, 1.54) is 5.56 Å². The van der Waals surface area contributed by atoms with E-state index in [0.29, 0.717) is 12.5 Å². The zero-order valence-corrected chi connectivity index (χ0v) is 13.9. The second-order valence-electron chi connectivity index (χ2n) is 6.06. The lowest BCUT2D eigenvalue weighted by Crippen LogP contribution is -2.20. The average molecular weight is 323 g/mol. The van der Waals surface area contributed by atoms with Gasteiger partial charge in [-0.25, -0.2) is 0 Å². The van der Waals surface area contributed by atoms with Crippen LogP contribution in [0.25, 0.3) is 6.08 Å². The summed E-state index contributed by atoms with van der Waals surface area (Å²) in [6.45, 7) is 5.03. The summed E-state index contributed by atoms with van der Waals surface area (Å²) >= 11 is 0. The molecule has 0 atom stereocenters. The molecule has 0 spiro atoms. The molecule has 2 aromatic rings. The highest BCUT2D eigenvalue weighted by atomic mass is 16.7. The fourth-order valence-electron chi connectivity index (χ4n) is 2.46. The zero-order valence-electron chi connectivity index (χ0n) is 13.9. The summed E-state index contributed by atoms with van der Waals surface area (Å²) in [7, 11) is 0. The molecule has 1 aliphatic rings. The largest absolute Gasteiger partial charge is 0.454 e. The number of nitrogens with one attached hydrogen (secondary N) is 1. The Morgan fingerprint density at radius 2 is 1.88 bits per heavy atom. The van der Waals surface area contributed by atoms with E-state index in [1.807, 2.05) is 36.4 Å². The number of hydrogen-bond donors (Lipinski definition) is 1. The molecular formula is C20H21NO3. The number of fused-ring (bicyclic) bond motifs is 1. The quantitative estimate of drug-likeness (QED) is 0.850. The van der Waals surface area contributed by atoms with Crippen molar-refractivity contribution in [3.8, 4) is 11.5 Å². The first-order valence-electron chi connectivity index (χ1n) is 8.06. The maximum Gasteiger partial charge on any atom is 0.244 e. The SMILES string of the molecule is CC(C)c1ccc(/C=C\C(=O)NCc2ccc3c(c2)OCO3)cc1. The van der Waals surface area contributed by atoms with Crippen molar-refractivity contribution in [2.24, 2.45) is 0 Å². The molecule has 0 saturated carbocycles. The summed E-state index contributed by atoms with van der Waals surface area (Å²) in [6, 6.07) is 13.9. The standard InChI is InChI=1S/C20H21NO3/c1-14(2)17-7-3-15(4-8-17)6-10-20(22)21-12-16-5-9-18-19(11-16)24-13-23-18/h3-11,14H,12-13H2,1-2H3,(H,21,22)/b10-6-. The predicted molar refractivity (Wildman–Crippen MR) is 94.0 cm³/mol. The second kappa shape index (κ2) is 7.21. The Hall–Kier alpha value is -2.75. The number of ether oxygens (including phenoxy) is 2. The van der Waals surface area contributed by atoms with E-state index in [9.17, 15) is 4.79 Å². The highest BCUT2D eigenvalue weighted by molar-refractivity contribution is 5.91. The van der Waals surface area contributed by atoms with Gasteiger partial charge >= 0.3 is 0 Å². The molecule has 1 N–H and O–H groups in total. The zero-order chi connectivity index (χ0) is 16.9. The van der Waals surface area contributed by atoms with Crippen molar-refractivity contribution in [3.05, 3.63) is 65.2 Å². The Kier molecular flexibility index (Phi) is 4.85. The predicted octanol–water partition coefficient (Wildman–Crippen LogP) is 3.87. The molecule has 1 aliphatic heterocycles. The van der Waals surface area contributed by atoms with Crippen LogP contribution >= 0.6 is 0 Å². The molecule has 2 aromatic carbocycles. The smallest absolute Gasteiger partial charge is 0.244 e. The first-order chi connectivity index (χ1) is 11.6. The maximum atomic E-state index is 11.9. The minimum atomic E-state index is -0.124. The van der Waals surface area contributed by atoms with Gasteiger partial charge in [0.2, 0.25) is 12.7 Å². The molecule has 0 bridgehead atoms. The molecule has 0 saturated heterocycles. The molecule has 0 unspecified atom stereocenters. The van der Waals surface area contributed by atoms with Crippen molar-refractivity contribution in [2.45, 2.75) is 26.3 Å². The Morgan fingerprint density at radius 3 is 2.62 bits per heavy atom. The number of amides is 1. The van der Waals surface area contributed by atoms with Crippen LogP contribution in [0.5, 0.6) is 11.5 Å². The fraction of sp³-hybridized carbons (Fsp3) is 0.250. The molecule has 0 aliphatic carbocycles. The van der Waals surface area contributed by atoms with Gasteiger partial charge in [0.05, 0.1) is 0 Å². The summed E-state index contributed by atoms with van der Waals surface area (Å²) < 4.78 is 10.6. The van der Waals surface area contributed by atoms with Crippen LogP contribution in [0.2, 0.25) is 0 Å². The van der Waals surface area contributed by atoms with Gasteiger partial charge in [-0.05, 0) is 40.8 Å². The monoisotopic (exact) mass is 323 g/mol.